The molecule has 4 saturated carbocycles. The molecule has 0 saturated heterocycles. The fourth-order valence-electron chi connectivity index (χ4n) is 8.36. The van der Waals surface area contributed by atoms with E-state index < -0.39 is 11.2 Å². The van der Waals surface area contributed by atoms with Crippen molar-refractivity contribution in [1.82, 2.24) is 0 Å². The molecule has 4 aliphatic rings. The average Bonchev–Trinajstić information content (AvgIpc) is 2.74. The van der Waals surface area contributed by atoms with Crippen molar-refractivity contribution in [1.29, 1.82) is 0 Å². The summed E-state index contributed by atoms with van der Waals surface area (Å²) in [5.74, 6) is 0.644. The van der Waals surface area contributed by atoms with Crippen LogP contribution in [-0.4, -0.2) is 23.1 Å². The van der Waals surface area contributed by atoms with Crippen LogP contribution in [0.25, 0.3) is 0 Å². The maximum absolute atomic E-state index is 12.8. The van der Waals surface area contributed by atoms with Gasteiger partial charge in [0.1, 0.15) is 11.2 Å². The van der Waals surface area contributed by atoms with E-state index in [-0.39, 0.29) is 22.8 Å². The van der Waals surface area contributed by atoms with E-state index in [4.69, 9.17) is 9.47 Å². The molecule has 4 fully saturated rings. The van der Waals surface area contributed by atoms with Crippen molar-refractivity contribution in [2.45, 2.75) is 117 Å². The van der Waals surface area contributed by atoms with Gasteiger partial charge in [0.05, 0.1) is 0 Å². The molecule has 4 aliphatic carbocycles. The van der Waals surface area contributed by atoms with Gasteiger partial charge in [-0.05, 0) is 89.9 Å². The minimum atomic E-state index is -0.502. The number of rotatable bonds is 10. The van der Waals surface area contributed by atoms with Crippen molar-refractivity contribution < 1.29 is 19.1 Å². The lowest BCUT2D eigenvalue weighted by Crippen LogP contribution is -2.67. The predicted molar refractivity (Wildman–Crippen MR) is 128 cm³/mol. The summed E-state index contributed by atoms with van der Waals surface area (Å²) in [6, 6.07) is 0. The standard InChI is InChI=1S/C28H44O4/c1-9-27(10-2,31-23(29)19(5)6)25-14-21-13-22(15-25)17-26(16-21,18-25)28(11-3,12-4)32-24(30)20(7)8/h21-22H,5,7,9-18H2,1-4,6,8H3. The summed E-state index contributed by atoms with van der Waals surface area (Å²) in [6.45, 7) is 19.8. The second-order valence-electron chi connectivity index (χ2n) is 11.3. The molecular weight excluding hydrogens is 400 g/mol. The quantitative estimate of drug-likeness (QED) is 0.271. The molecule has 4 heteroatoms. The summed E-state index contributed by atoms with van der Waals surface area (Å²) in [5, 5.41) is 0. The highest BCUT2D eigenvalue weighted by molar-refractivity contribution is 5.87. The first kappa shape index (κ1) is 25.1. The Labute approximate surface area is 195 Å². The topological polar surface area (TPSA) is 52.6 Å². The zero-order chi connectivity index (χ0) is 23.9. The fourth-order valence-corrected chi connectivity index (χ4v) is 8.36. The number of carbonyl (C=O) groups is 2. The summed E-state index contributed by atoms with van der Waals surface area (Å²) in [6.07, 6.45) is 9.83. The van der Waals surface area contributed by atoms with E-state index in [2.05, 4.69) is 40.9 Å². The van der Waals surface area contributed by atoms with Crippen molar-refractivity contribution in [2.75, 3.05) is 0 Å². The van der Waals surface area contributed by atoms with E-state index in [0.717, 1.165) is 57.8 Å². The van der Waals surface area contributed by atoms with Crippen molar-refractivity contribution in [3.8, 4) is 0 Å². The van der Waals surface area contributed by atoms with E-state index in [1.54, 1.807) is 13.8 Å². The van der Waals surface area contributed by atoms with Crippen LogP contribution in [-0.2, 0) is 19.1 Å². The lowest BCUT2D eigenvalue weighted by Gasteiger charge is -2.70. The van der Waals surface area contributed by atoms with Crippen LogP contribution in [0.5, 0.6) is 0 Å². The number of esters is 2. The smallest absolute Gasteiger partial charge is 0.333 e. The average molecular weight is 445 g/mol. The Balaban J connectivity index is 2.09. The third-order valence-electron chi connectivity index (χ3n) is 9.55. The van der Waals surface area contributed by atoms with Crippen LogP contribution in [0.1, 0.15) is 106 Å². The maximum Gasteiger partial charge on any atom is 0.333 e. The van der Waals surface area contributed by atoms with Crippen LogP contribution < -0.4 is 0 Å². The first-order chi connectivity index (χ1) is 15.0. The summed E-state index contributed by atoms with van der Waals surface area (Å²) < 4.78 is 12.7. The van der Waals surface area contributed by atoms with Gasteiger partial charge in [0, 0.05) is 22.0 Å². The van der Waals surface area contributed by atoms with E-state index in [0.29, 0.717) is 23.0 Å². The van der Waals surface area contributed by atoms with Crippen LogP contribution in [0.3, 0.4) is 0 Å². The molecule has 0 aromatic carbocycles. The Kier molecular flexibility index (Phi) is 6.77. The predicted octanol–water partition coefficient (Wildman–Crippen LogP) is 6.93. The van der Waals surface area contributed by atoms with Gasteiger partial charge in [0.2, 0.25) is 0 Å². The third-order valence-corrected chi connectivity index (χ3v) is 9.55. The molecule has 4 nitrogen and oxygen atoms in total. The SMILES string of the molecule is C=C(C)C(=O)OC(CC)(CC)C12CC3CC(C1)CC(C(CC)(CC)OC(=O)C(=C)C)(C3)C2. The van der Waals surface area contributed by atoms with E-state index in [9.17, 15) is 9.59 Å². The summed E-state index contributed by atoms with van der Waals surface area (Å²) in [5.41, 5.74) is -0.228. The van der Waals surface area contributed by atoms with Crippen LogP contribution in [0, 0.1) is 22.7 Å². The number of hydrogen-bond acceptors (Lipinski definition) is 4. The van der Waals surface area contributed by atoms with Crippen molar-refractivity contribution in [3.05, 3.63) is 24.3 Å². The van der Waals surface area contributed by atoms with Crippen LogP contribution in [0.4, 0.5) is 0 Å². The highest BCUT2D eigenvalue weighted by Crippen LogP contribution is 2.73. The highest BCUT2D eigenvalue weighted by atomic mass is 16.6. The first-order valence-electron chi connectivity index (χ1n) is 12.7. The fraction of sp³-hybridized carbons (Fsp3) is 0.786. The molecule has 0 aromatic rings. The molecule has 0 amide bonds. The van der Waals surface area contributed by atoms with E-state index >= 15 is 0 Å². The van der Waals surface area contributed by atoms with Gasteiger partial charge in [-0.2, -0.15) is 0 Å². The molecule has 32 heavy (non-hydrogen) atoms. The Bertz CT molecular complexity index is 707. The molecule has 0 aliphatic heterocycles. The van der Waals surface area contributed by atoms with Gasteiger partial charge in [0.15, 0.2) is 0 Å². The molecule has 0 N–H and O–H groups in total. The molecule has 0 radical (unpaired) electrons. The van der Waals surface area contributed by atoms with Gasteiger partial charge in [-0.25, -0.2) is 9.59 Å². The Morgan fingerprint density at radius 2 is 1.06 bits per heavy atom. The second-order valence-corrected chi connectivity index (χ2v) is 11.3. The minimum Gasteiger partial charge on any atom is -0.455 e. The molecule has 0 aromatic heterocycles. The molecule has 0 atom stereocenters. The lowest BCUT2D eigenvalue weighted by molar-refractivity contribution is -0.264. The van der Waals surface area contributed by atoms with Crippen LogP contribution in [0.2, 0.25) is 0 Å². The maximum atomic E-state index is 12.8. The number of ether oxygens (including phenoxy) is 2. The number of hydrogen-bond donors (Lipinski definition) is 0. The zero-order valence-electron chi connectivity index (χ0n) is 21.3. The van der Waals surface area contributed by atoms with Crippen molar-refractivity contribution in [3.63, 3.8) is 0 Å². The van der Waals surface area contributed by atoms with E-state index in [1.807, 2.05) is 0 Å². The van der Waals surface area contributed by atoms with Gasteiger partial charge in [-0.1, -0.05) is 40.9 Å². The summed E-state index contributed by atoms with van der Waals surface area (Å²) in [4.78, 5) is 25.6. The monoisotopic (exact) mass is 444 g/mol. The largest absolute Gasteiger partial charge is 0.455 e. The molecule has 4 rings (SSSR count). The molecule has 0 heterocycles. The number of carbonyl (C=O) groups excluding carboxylic acids is 2. The zero-order valence-corrected chi connectivity index (χ0v) is 21.3. The second kappa shape index (κ2) is 8.65. The van der Waals surface area contributed by atoms with Crippen molar-refractivity contribution >= 4 is 11.9 Å². The molecule has 4 bridgehead atoms. The van der Waals surface area contributed by atoms with Crippen molar-refractivity contribution in [2.24, 2.45) is 22.7 Å². The van der Waals surface area contributed by atoms with Gasteiger partial charge < -0.3 is 9.47 Å². The molecule has 180 valence electrons. The Hall–Kier alpha value is -1.58. The van der Waals surface area contributed by atoms with Gasteiger partial charge in [-0.3, -0.25) is 0 Å². The minimum absolute atomic E-state index is 0.0725. The lowest BCUT2D eigenvalue weighted by atomic mass is 9.37. The molecule has 0 spiro atoms. The third kappa shape index (κ3) is 3.66. The Morgan fingerprint density at radius 1 is 0.750 bits per heavy atom. The summed E-state index contributed by atoms with van der Waals surface area (Å²) >= 11 is 0. The normalized spacial score (nSPS) is 31.3. The van der Waals surface area contributed by atoms with Gasteiger partial charge in [0.25, 0.3) is 0 Å². The highest BCUT2D eigenvalue weighted by Gasteiger charge is 2.69. The molecule has 0 unspecified atom stereocenters. The summed E-state index contributed by atoms with van der Waals surface area (Å²) in [7, 11) is 0. The van der Waals surface area contributed by atoms with Gasteiger partial charge in [-0.15, -0.1) is 0 Å². The van der Waals surface area contributed by atoms with E-state index in [1.165, 1.54) is 6.42 Å². The van der Waals surface area contributed by atoms with Crippen LogP contribution in [0.15, 0.2) is 24.3 Å². The molecular formula is C28H44O4. The van der Waals surface area contributed by atoms with Crippen LogP contribution >= 0.6 is 0 Å². The first-order valence-corrected chi connectivity index (χ1v) is 12.7. The van der Waals surface area contributed by atoms with Gasteiger partial charge >= 0.3 is 11.9 Å². The Morgan fingerprint density at radius 3 is 1.31 bits per heavy atom.